The monoisotopic (exact) mass is 185 g/mol. The Morgan fingerprint density at radius 1 is 1.27 bits per heavy atom. The Hall–Kier alpha value is -0.710. The Labute approximate surface area is 73.5 Å². The number of quaternary nitrogens is 1. The average molecular weight is 185 g/mol. The van der Waals surface area contributed by atoms with E-state index in [1.165, 1.54) is 4.70 Å². The van der Waals surface area contributed by atoms with Crippen LogP contribution in [0, 0.1) is 3.95 Å². The molecule has 0 amide bonds. The molecule has 0 saturated heterocycles. The van der Waals surface area contributed by atoms with Gasteiger partial charge < -0.3 is 11.1 Å². The Morgan fingerprint density at radius 3 is 2.73 bits per heavy atom. The number of para-hydroxylation sites is 1. The summed E-state index contributed by atoms with van der Waals surface area (Å²) in [7, 11) is 0. The molecular weight excluding hydrogens is 176 g/mol. The summed E-state index contributed by atoms with van der Waals surface area (Å²) in [5.74, 6) is 0. The van der Waals surface area contributed by atoms with Gasteiger partial charge in [-0.2, -0.15) is 0 Å². The second-order valence-corrected chi connectivity index (χ2v) is 3.73. The van der Waals surface area contributed by atoms with Crippen LogP contribution in [0.3, 0.4) is 0 Å². The SMILES string of the molecule is S=c1[nH]c2ccccc2s1.[NH4+]. The molecule has 0 aliphatic carbocycles. The lowest BCUT2D eigenvalue weighted by Gasteiger charge is -1.81. The maximum absolute atomic E-state index is 4.98. The number of fused-ring (bicyclic) bond motifs is 1. The van der Waals surface area contributed by atoms with Crippen molar-refractivity contribution in [3.63, 3.8) is 0 Å². The van der Waals surface area contributed by atoms with Crippen LogP contribution in [-0.4, -0.2) is 4.98 Å². The maximum atomic E-state index is 4.98. The molecule has 1 heterocycles. The average Bonchev–Trinajstić information content (AvgIpc) is 2.27. The molecule has 58 valence electrons. The highest BCUT2D eigenvalue weighted by Crippen LogP contribution is 2.17. The molecule has 0 saturated carbocycles. The van der Waals surface area contributed by atoms with Crippen molar-refractivity contribution in [1.29, 1.82) is 0 Å². The van der Waals surface area contributed by atoms with E-state index in [0.717, 1.165) is 9.47 Å². The van der Waals surface area contributed by atoms with Gasteiger partial charge in [0.1, 0.15) is 0 Å². The van der Waals surface area contributed by atoms with Crippen molar-refractivity contribution in [2.45, 2.75) is 0 Å². The molecule has 2 aromatic rings. The van der Waals surface area contributed by atoms with Crippen LogP contribution >= 0.6 is 23.6 Å². The predicted molar refractivity (Wildman–Crippen MR) is 53.0 cm³/mol. The van der Waals surface area contributed by atoms with E-state index in [9.17, 15) is 0 Å². The molecule has 0 radical (unpaired) electrons. The van der Waals surface area contributed by atoms with E-state index in [1.807, 2.05) is 18.2 Å². The van der Waals surface area contributed by atoms with Crippen molar-refractivity contribution >= 4 is 33.8 Å². The molecule has 2 nitrogen and oxygen atoms in total. The van der Waals surface area contributed by atoms with Gasteiger partial charge in [0.2, 0.25) is 0 Å². The van der Waals surface area contributed by atoms with Crippen LogP contribution in [0.25, 0.3) is 10.2 Å². The smallest absolute Gasteiger partial charge is 0.159 e. The lowest BCUT2D eigenvalue weighted by Crippen LogP contribution is -1.62. The molecule has 0 unspecified atom stereocenters. The Balaban J connectivity index is 0.000000605. The molecule has 2 rings (SSSR count). The van der Waals surface area contributed by atoms with Gasteiger partial charge in [-0.1, -0.05) is 12.1 Å². The molecule has 0 fully saturated rings. The lowest BCUT2D eigenvalue weighted by atomic mass is 10.3. The molecule has 4 heteroatoms. The highest BCUT2D eigenvalue weighted by atomic mass is 32.1. The first-order valence-electron chi connectivity index (χ1n) is 2.94. The first kappa shape index (κ1) is 8.39. The van der Waals surface area contributed by atoms with Gasteiger partial charge in [0, 0.05) is 0 Å². The third-order valence-corrected chi connectivity index (χ3v) is 2.54. The number of aromatic amines is 1. The molecular formula is C7H9N2S2+. The first-order chi connectivity index (χ1) is 4.86. The number of rotatable bonds is 0. The molecule has 0 atom stereocenters. The molecule has 1 aromatic carbocycles. The zero-order chi connectivity index (χ0) is 6.97. The fraction of sp³-hybridized carbons (Fsp3) is 0. The highest BCUT2D eigenvalue weighted by Gasteiger charge is 1.91. The maximum Gasteiger partial charge on any atom is 0.159 e. The van der Waals surface area contributed by atoms with Crippen LogP contribution < -0.4 is 6.15 Å². The van der Waals surface area contributed by atoms with E-state index in [-0.39, 0.29) is 6.15 Å². The van der Waals surface area contributed by atoms with Crippen LogP contribution in [0.15, 0.2) is 24.3 Å². The number of benzene rings is 1. The van der Waals surface area contributed by atoms with Gasteiger partial charge in [-0.05, 0) is 24.4 Å². The zero-order valence-corrected chi connectivity index (χ0v) is 7.76. The number of aromatic nitrogens is 1. The second kappa shape index (κ2) is 3.13. The molecule has 0 aliphatic heterocycles. The van der Waals surface area contributed by atoms with Crippen LogP contribution in [0.1, 0.15) is 0 Å². The van der Waals surface area contributed by atoms with Gasteiger partial charge in [-0.3, -0.25) is 0 Å². The van der Waals surface area contributed by atoms with Crippen LogP contribution in [0.4, 0.5) is 0 Å². The summed E-state index contributed by atoms with van der Waals surface area (Å²) >= 11 is 6.59. The van der Waals surface area contributed by atoms with Crippen molar-refractivity contribution in [2.75, 3.05) is 0 Å². The molecule has 0 aliphatic rings. The summed E-state index contributed by atoms with van der Waals surface area (Å²) in [6.07, 6.45) is 0. The fourth-order valence-corrected chi connectivity index (χ4v) is 2.01. The van der Waals surface area contributed by atoms with Gasteiger partial charge >= 0.3 is 0 Å². The van der Waals surface area contributed by atoms with Crippen molar-refractivity contribution in [2.24, 2.45) is 0 Å². The van der Waals surface area contributed by atoms with E-state index in [2.05, 4.69) is 11.1 Å². The first-order valence-corrected chi connectivity index (χ1v) is 4.16. The van der Waals surface area contributed by atoms with Gasteiger partial charge in [0.05, 0.1) is 10.2 Å². The summed E-state index contributed by atoms with van der Waals surface area (Å²) < 4.78 is 2.08. The van der Waals surface area contributed by atoms with Crippen molar-refractivity contribution in [3.8, 4) is 0 Å². The highest BCUT2D eigenvalue weighted by molar-refractivity contribution is 7.73. The van der Waals surface area contributed by atoms with E-state index in [0.29, 0.717) is 0 Å². The number of thiazole rings is 1. The molecule has 5 N–H and O–H groups in total. The lowest BCUT2D eigenvalue weighted by molar-refractivity contribution is 1.47. The number of nitrogens with one attached hydrogen (secondary N) is 1. The normalized spacial score (nSPS) is 9.45. The van der Waals surface area contributed by atoms with Crippen LogP contribution in [0.2, 0.25) is 0 Å². The van der Waals surface area contributed by atoms with Gasteiger partial charge in [0.15, 0.2) is 3.95 Å². The van der Waals surface area contributed by atoms with Gasteiger partial charge in [-0.25, -0.2) is 0 Å². The zero-order valence-electron chi connectivity index (χ0n) is 6.13. The Kier molecular flexibility index (Phi) is 2.38. The summed E-state index contributed by atoms with van der Waals surface area (Å²) in [6, 6.07) is 8.11. The summed E-state index contributed by atoms with van der Waals surface area (Å²) in [6.45, 7) is 0. The standard InChI is InChI=1S/C7H5NS2.H3N/c9-7-8-5-3-1-2-4-6(5)10-7;/h1-4H,(H,8,9);1H3/p+1. The van der Waals surface area contributed by atoms with Gasteiger partial charge in [0.25, 0.3) is 0 Å². The van der Waals surface area contributed by atoms with Crippen LogP contribution in [0.5, 0.6) is 0 Å². The molecule has 0 spiro atoms. The van der Waals surface area contributed by atoms with E-state index < -0.39 is 0 Å². The van der Waals surface area contributed by atoms with E-state index in [1.54, 1.807) is 11.3 Å². The predicted octanol–water partition coefficient (Wildman–Crippen LogP) is 3.34. The third kappa shape index (κ3) is 1.48. The minimum atomic E-state index is 0. The third-order valence-electron chi connectivity index (χ3n) is 1.33. The quantitative estimate of drug-likeness (QED) is 0.608. The topological polar surface area (TPSA) is 52.3 Å². The van der Waals surface area contributed by atoms with Crippen molar-refractivity contribution < 1.29 is 0 Å². The molecule has 1 aromatic heterocycles. The fourth-order valence-electron chi connectivity index (χ4n) is 0.894. The molecule has 0 bridgehead atoms. The summed E-state index contributed by atoms with van der Waals surface area (Å²) in [5, 5.41) is 0. The minimum absolute atomic E-state index is 0. The largest absolute Gasteiger partial charge is 0.369 e. The van der Waals surface area contributed by atoms with Crippen LogP contribution in [-0.2, 0) is 0 Å². The molecule has 11 heavy (non-hydrogen) atoms. The summed E-state index contributed by atoms with van der Waals surface area (Å²) in [4.78, 5) is 3.09. The number of hydrogen-bond acceptors (Lipinski definition) is 2. The van der Waals surface area contributed by atoms with Crippen molar-refractivity contribution in [1.82, 2.24) is 11.1 Å². The number of hydrogen-bond donors (Lipinski definition) is 2. The Morgan fingerprint density at radius 2 is 2.00 bits per heavy atom. The van der Waals surface area contributed by atoms with Gasteiger partial charge in [-0.15, -0.1) is 11.3 Å². The summed E-state index contributed by atoms with van der Waals surface area (Å²) in [5.41, 5.74) is 1.14. The van der Waals surface area contributed by atoms with Crippen molar-refractivity contribution in [3.05, 3.63) is 28.2 Å². The van der Waals surface area contributed by atoms with E-state index in [4.69, 9.17) is 12.2 Å². The second-order valence-electron chi connectivity index (χ2n) is 2.01. The Bertz CT molecular complexity index is 366. The van der Waals surface area contributed by atoms with E-state index >= 15 is 0 Å². The minimum Gasteiger partial charge on any atom is -0.369 e. The number of H-pyrrole nitrogens is 1.